The Bertz CT molecular complexity index is 3020. The van der Waals surface area contributed by atoms with Crippen LogP contribution in [0.15, 0.2) is 53.5 Å². The molecule has 3 N–H and O–H groups in total. The Hall–Kier alpha value is -4.80. The predicted octanol–water partition coefficient (Wildman–Crippen LogP) is 16.3. The van der Waals surface area contributed by atoms with Crippen molar-refractivity contribution in [1.29, 1.82) is 10.5 Å². The summed E-state index contributed by atoms with van der Waals surface area (Å²) < 4.78 is 28.1. The van der Waals surface area contributed by atoms with Crippen molar-refractivity contribution >= 4 is 60.5 Å². The van der Waals surface area contributed by atoms with Gasteiger partial charge in [0.25, 0.3) is 5.91 Å². The van der Waals surface area contributed by atoms with E-state index in [1.807, 2.05) is 24.3 Å². The molecule has 8 rings (SSSR count). The van der Waals surface area contributed by atoms with Crippen molar-refractivity contribution in [2.45, 2.75) is 246 Å². The number of pyridine rings is 2. The summed E-state index contributed by atoms with van der Waals surface area (Å²) in [4.78, 5) is 32.2. The lowest BCUT2D eigenvalue weighted by atomic mass is 9.77. The number of ether oxygens (including phenoxy) is 4. The smallest absolute Gasteiger partial charge is 0.291 e. The maximum absolute atomic E-state index is 13.6. The molecule has 6 heterocycles. The fourth-order valence-electron chi connectivity index (χ4n) is 11.7. The summed E-state index contributed by atoms with van der Waals surface area (Å²) in [5, 5.41) is 21.3. The van der Waals surface area contributed by atoms with Crippen molar-refractivity contribution in [2.75, 3.05) is 24.3 Å². The van der Waals surface area contributed by atoms with Crippen LogP contribution in [0.5, 0.6) is 0 Å². The Labute approximate surface area is 508 Å². The van der Waals surface area contributed by atoms with Gasteiger partial charge >= 0.3 is 0 Å². The molecule has 2 aliphatic heterocycles. The molecule has 83 heavy (non-hydrogen) atoms. The summed E-state index contributed by atoms with van der Waals surface area (Å²) in [5.41, 5.74) is 14.8. The van der Waals surface area contributed by atoms with Gasteiger partial charge in [0.2, 0.25) is 5.82 Å². The van der Waals surface area contributed by atoms with Gasteiger partial charge in [-0.25, -0.2) is 9.97 Å². The third kappa shape index (κ3) is 20.7. The zero-order valence-electron chi connectivity index (χ0n) is 53.7. The van der Waals surface area contributed by atoms with Crippen molar-refractivity contribution in [1.82, 2.24) is 29.1 Å². The van der Waals surface area contributed by atoms with E-state index in [2.05, 4.69) is 178 Å². The maximum atomic E-state index is 13.6. The second-order valence-corrected chi connectivity index (χ2v) is 42.1. The van der Waals surface area contributed by atoms with Crippen LogP contribution >= 0.6 is 15.9 Å². The first kappa shape index (κ1) is 67.3. The number of amides is 1. The number of anilines is 2. The number of nitrogen functional groups attached to an aromatic ring is 1. The van der Waals surface area contributed by atoms with Crippen LogP contribution in [0.1, 0.15) is 204 Å². The van der Waals surface area contributed by atoms with E-state index in [0.29, 0.717) is 40.8 Å². The van der Waals surface area contributed by atoms with Crippen molar-refractivity contribution in [3.63, 3.8) is 0 Å². The monoisotopic (exact) mass is 1230 g/mol. The van der Waals surface area contributed by atoms with Gasteiger partial charge in [-0.3, -0.25) is 14.8 Å². The number of nitrogens with two attached hydrogens (primary N) is 1. The maximum Gasteiger partial charge on any atom is 0.291 e. The van der Waals surface area contributed by atoms with E-state index >= 15 is 0 Å². The predicted molar refractivity (Wildman–Crippen MR) is 344 cm³/mol. The summed E-state index contributed by atoms with van der Waals surface area (Å²) in [6.45, 7) is 42.4. The van der Waals surface area contributed by atoms with Gasteiger partial charge in [-0.2, -0.15) is 10.5 Å². The fourth-order valence-corrected chi connectivity index (χ4v) is 13.7. The van der Waals surface area contributed by atoms with Gasteiger partial charge in [-0.05, 0) is 194 Å². The lowest BCUT2D eigenvalue weighted by molar-refractivity contribution is -0.162. The number of carbonyl (C=O) groups is 1. The highest BCUT2D eigenvalue weighted by molar-refractivity contribution is 9.10. The molecule has 2 aliphatic carbocycles. The Kier molecular flexibility index (Phi) is 21.8. The minimum Gasteiger partial charge on any atom is -0.397 e. The number of aromatic nitrogens is 6. The van der Waals surface area contributed by atoms with Crippen molar-refractivity contribution in [3.8, 4) is 12.1 Å². The Morgan fingerprint density at radius 2 is 1.07 bits per heavy atom. The number of carbonyl (C=O) groups excluding carboxylic acids is 1. The first-order valence-corrected chi connectivity index (χ1v) is 38.2. The number of nitriles is 2. The molecule has 0 saturated carbocycles. The third-order valence-electron chi connectivity index (χ3n) is 15.9. The van der Waals surface area contributed by atoms with Gasteiger partial charge in [0, 0.05) is 65.0 Å². The number of hydrogen-bond acceptors (Lipinski definition) is 12. The summed E-state index contributed by atoms with van der Waals surface area (Å²) in [6.07, 6.45) is 17.9. The molecule has 454 valence electrons. The van der Waals surface area contributed by atoms with Crippen LogP contribution in [-0.2, 0) is 32.4 Å². The van der Waals surface area contributed by atoms with Crippen LogP contribution < -0.4 is 11.1 Å². The number of nitrogens with zero attached hydrogens (tertiary/aromatic N) is 8. The number of nitrogens with one attached hydrogen (secondary N) is 1. The van der Waals surface area contributed by atoms with E-state index in [1.165, 1.54) is 17.7 Å². The summed E-state index contributed by atoms with van der Waals surface area (Å²) in [6, 6.07) is 14.4. The van der Waals surface area contributed by atoms with Gasteiger partial charge in [0.15, 0.2) is 16.1 Å². The number of halogens is 1. The van der Waals surface area contributed by atoms with Crippen LogP contribution in [0, 0.1) is 33.5 Å². The SMILES string of the molecule is CC1(C)CC=C(c2nc(C3CC(C)(C)OC(C)(C)C3)ccc2N)CC1.CC1(C)CC=C(c2nc(C3CC(C)(C)OC(C)(C)C3)ccc2NC(=O)c2nc(C#N)cn2COCC[Si](C)(C)C)CC1.C[Si](C)(C)CCOCn1cc(C#N)nc1Br. The molecule has 2 saturated heterocycles. The molecule has 0 spiro atoms. The molecule has 0 bridgehead atoms. The second kappa shape index (κ2) is 26.9. The molecule has 0 radical (unpaired) electrons. The van der Waals surface area contributed by atoms with Gasteiger partial charge in [0.05, 0.1) is 45.2 Å². The Balaban J connectivity index is 0.000000227. The topological polar surface area (TPSA) is 201 Å². The molecule has 4 aromatic heterocycles. The summed E-state index contributed by atoms with van der Waals surface area (Å²) in [5.74, 6) is 0.435. The molecule has 18 heteroatoms. The minimum absolute atomic E-state index is 0.121. The van der Waals surface area contributed by atoms with Crippen LogP contribution in [0.25, 0.3) is 11.1 Å². The molecule has 0 unspecified atom stereocenters. The minimum atomic E-state index is -1.25. The summed E-state index contributed by atoms with van der Waals surface area (Å²) in [7, 11) is -2.27. The van der Waals surface area contributed by atoms with Crippen molar-refractivity contribution in [3.05, 3.63) is 93.5 Å². The average Bonchev–Trinajstić information content (AvgIpc) is 4.16. The molecule has 2 fully saturated rings. The third-order valence-corrected chi connectivity index (χ3v) is 20.0. The molecule has 4 aliphatic rings. The Morgan fingerprint density at radius 3 is 1.51 bits per heavy atom. The van der Waals surface area contributed by atoms with Crippen LogP contribution in [0.4, 0.5) is 11.4 Å². The molecule has 0 aromatic carbocycles. The van der Waals surface area contributed by atoms with Crippen molar-refractivity contribution in [2.24, 2.45) is 10.8 Å². The molecular formula is C65H99BrN10O5Si2. The zero-order chi connectivity index (χ0) is 61.6. The Morgan fingerprint density at radius 1 is 0.651 bits per heavy atom. The zero-order valence-corrected chi connectivity index (χ0v) is 57.2. The molecular weight excluding hydrogens is 1140 g/mol. The van der Waals surface area contributed by atoms with E-state index < -0.39 is 16.1 Å². The number of hydrogen-bond donors (Lipinski definition) is 2. The quantitative estimate of drug-likeness (QED) is 0.0795. The lowest BCUT2D eigenvalue weighted by Gasteiger charge is -2.45. The van der Waals surface area contributed by atoms with E-state index in [9.17, 15) is 10.1 Å². The van der Waals surface area contributed by atoms with Crippen LogP contribution in [0.3, 0.4) is 0 Å². The standard InChI is InChI=1S/C33H49N5O3Si.C22H34N2O.C10H16BrN3OSi/c1-31(2)14-12-23(13-15-31)28-27(11-10-26(36-28)24-18-32(3,4)41-33(5,6)19-24)37-30(39)29-35-25(20-34)21-38(29)22-40-16-17-42(7,8)9;1-20(2)11-9-15(10-12-20)19-17(23)7-8-18(24-19)16-13-21(3,4)25-22(5,6)14-16;1-16(2,3)5-4-15-8-14-7-9(6-12)13-10(14)11/h10-12,21,24H,13-19,22H2,1-9H3,(H,37,39);7-9,16H,10-14,23H2,1-6H3;7H,4-5,8H2,1-3H3. The van der Waals surface area contributed by atoms with E-state index in [0.717, 1.165) is 105 Å². The van der Waals surface area contributed by atoms with Gasteiger partial charge < -0.3 is 39.1 Å². The van der Waals surface area contributed by atoms with Crippen LogP contribution in [0.2, 0.25) is 51.4 Å². The molecule has 4 aromatic rings. The van der Waals surface area contributed by atoms with E-state index in [-0.39, 0.29) is 57.9 Å². The van der Waals surface area contributed by atoms with Gasteiger partial charge in [-0.15, -0.1) is 0 Å². The molecule has 1 amide bonds. The number of allylic oxidation sites excluding steroid dienone is 4. The van der Waals surface area contributed by atoms with Gasteiger partial charge in [-0.1, -0.05) is 79.1 Å². The first-order valence-electron chi connectivity index (χ1n) is 30.0. The second-order valence-electron chi connectivity index (χ2n) is 30.1. The highest BCUT2D eigenvalue weighted by atomic mass is 79.9. The highest BCUT2D eigenvalue weighted by Crippen LogP contribution is 2.47. The van der Waals surface area contributed by atoms with Crippen LogP contribution in [-0.4, -0.2) is 86.7 Å². The number of imidazole rings is 2. The van der Waals surface area contributed by atoms with Gasteiger partial charge in [0.1, 0.15) is 25.6 Å². The molecule has 0 atom stereocenters. The first-order chi connectivity index (χ1) is 38.3. The van der Waals surface area contributed by atoms with E-state index in [4.69, 9.17) is 39.9 Å². The molecule has 15 nitrogen and oxygen atoms in total. The largest absolute Gasteiger partial charge is 0.397 e. The fraction of sp³-hybridized carbons (Fsp3) is 0.646. The lowest BCUT2D eigenvalue weighted by Crippen LogP contribution is -2.44. The summed E-state index contributed by atoms with van der Waals surface area (Å²) >= 11 is 3.28. The normalized spacial score (nSPS) is 20.0. The number of rotatable bonds is 16. The average molecular weight is 1240 g/mol. The highest BCUT2D eigenvalue weighted by Gasteiger charge is 2.42. The van der Waals surface area contributed by atoms with Crippen molar-refractivity contribution < 1.29 is 23.7 Å². The van der Waals surface area contributed by atoms with E-state index in [1.54, 1.807) is 21.5 Å².